The second-order valence-electron chi connectivity index (χ2n) is 13.1. The fraction of sp³-hybridized carbons (Fsp3) is 0.556. The van der Waals surface area contributed by atoms with Crippen molar-refractivity contribution >= 4 is 23.9 Å². The molecule has 0 saturated carbocycles. The first kappa shape index (κ1) is 43.0. The van der Waals surface area contributed by atoms with E-state index in [2.05, 4.69) is 0 Å². The molecule has 0 amide bonds. The van der Waals surface area contributed by atoms with E-state index in [1.54, 1.807) is 24.3 Å². The number of benzene rings is 2. The topological polar surface area (TPSA) is 293 Å². The Kier molecular flexibility index (Phi) is 14.5. The van der Waals surface area contributed by atoms with Gasteiger partial charge in [0.15, 0.2) is 24.8 Å². The molecular formula is C36H44O20. The highest BCUT2D eigenvalue weighted by Gasteiger charge is 2.63. The molecule has 56 heavy (non-hydrogen) atoms. The number of hydrogen-bond acceptors (Lipinski definition) is 20. The largest absolute Gasteiger partial charge is 0.460 e. The fourth-order valence-electron chi connectivity index (χ4n) is 6.31. The number of carbonyl (C=O) groups excluding carboxylic acids is 4. The predicted octanol–water partition coefficient (Wildman–Crippen LogP) is -2.70. The third-order valence-electron chi connectivity index (χ3n) is 9.14. The van der Waals surface area contributed by atoms with Crippen molar-refractivity contribution in [3.05, 3.63) is 71.8 Å². The molecule has 3 aliphatic heterocycles. The Bertz CT molecular complexity index is 1630. The van der Waals surface area contributed by atoms with Crippen LogP contribution in [-0.4, -0.2) is 172 Å². The molecule has 3 aliphatic rings. The summed E-state index contributed by atoms with van der Waals surface area (Å²) in [6.07, 6.45) is -24.1. The molecule has 7 N–H and O–H groups in total. The van der Waals surface area contributed by atoms with E-state index >= 15 is 0 Å². The lowest BCUT2D eigenvalue weighted by Gasteiger charge is -2.48. The van der Waals surface area contributed by atoms with Crippen LogP contribution in [-0.2, 0) is 52.2 Å². The molecule has 0 aromatic heterocycles. The van der Waals surface area contributed by atoms with Gasteiger partial charge in [0.1, 0.15) is 68.1 Å². The summed E-state index contributed by atoms with van der Waals surface area (Å²) >= 11 is 0. The standard InChI is InChI=1S/C36H44O20/c1-17(39)49-16-36(31(25(42)21(13-37)55-36)54-33(47)20-11-7-4-8-12-20)56-35-30(28(45)29(50-18(2)40)22(14-38)51-35)53-34-27(44)26(43)24(41)23(52-34)15-48-32(46)19-9-5-3-6-10-19/h3-12,21-31,34-35,37-38,41-45H,13-16H2,1-2H3/t21-,22-,23-,24-,25-,26+,27-,28+,29-,30-,31+,34+,35+,36+/m1/s1. The molecule has 0 unspecified atom stereocenters. The zero-order chi connectivity index (χ0) is 40.7. The lowest BCUT2D eigenvalue weighted by Crippen LogP contribution is -2.67. The minimum atomic E-state index is -2.57. The first-order valence-corrected chi connectivity index (χ1v) is 17.4. The van der Waals surface area contributed by atoms with Crippen LogP contribution in [0.15, 0.2) is 60.7 Å². The SMILES string of the molecule is CC(=O)OC[C@@]1(O[C@@H]2O[C@H](CO)[C@@H](OC(C)=O)[C@H](O)[C@H]2O[C@@H]2O[C@H](COC(=O)c3ccccc3)[C@@H](O)[C@H](O)[C@H]2O)O[C@H](CO)[C@@H](O)[C@@H]1OC(=O)c1ccccc1. The minimum absolute atomic E-state index is 0.0110. The van der Waals surface area contributed by atoms with Gasteiger partial charge in [-0.15, -0.1) is 0 Å². The van der Waals surface area contributed by atoms with Gasteiger partial charge in [-0.05, 0) is 24.3 Å². The Labute approximate surface area is 318 Å². The van der Waals surface area contributed by atoms with E-state index < -0.39 is 136 Å². The number of rotatable bonds is 14. The zero-order valence-electron chi connectivity index (χ0n) is 30.0. The van der Waals surface area contributed by atoms with Gasteiger partial charge >= 0.3 is 23.9 Å². The van der Waals surface area contributed by atoms with Gasteiger partial charge in [-0.3, -0.25) is 9.59 Å². The van der Waals surface area contributed by atoms with Gasteiger partial charge in [0.25, 0.3) is 0 Å². The number of aliphatic hydroxyl groups is 7. The second kappa shape index (κ2) is 18.9. The lowest BCUT2D eigenvalue weighted by molar-refractivity contribution is -0.407. The van der Waals surface area contributed by atoms with Crippen molar-refractivity contribution in [3.63, 3.8) is 0 Å². The molecule has 14 atom stereocenters. The van der Waals surface area contributed by atoms with Gasteiger partial charge in [-0.1, -0.05) is 36.4 Å². The molecule has 308 valence electrons. The quantitative estimate of drug-likeness (QED) is 0.0756. The van der Waals surface area contributed by atoms with Crippen LogP contribution < -0.4 is 0 Å². The summed E-state index contributed by atoms with van der Waals surface area (Å²) in [4.78, 5) is 50.0. The van der Waals surface area contributed by atoms with Crippen molar-refractivity contribution in [3.8, 4) is 0 Å². The lowest BCUT2D eigenvalue weighted by atomic mass is 9.96. The van der Waals surface area contributed by atoms with Crippen molar-refractivity contribution in [2.45, 2.75) is 99.4 Å². The van der Waals surface area contributed by atoms with Gasteiger partial charge in [0.05, 0.1) is 24.3 Å². The third-order valence-corrected chi connectivity index (χ3v) is 9.14. The van der Waals surface area contributed by atoms with E-state index in [1.807, 2.05) is 0 Å². The molecule has 2 aromatic rings. The van der Waals surface area contributed by atoms with E-state index in [4.69, 9.17) is 42.6 Å². The number of esters is 4. The van der Waals surface area contributed by atoms with Crippen molar-refractivity contribution in [1.29, 1.82) is 0 Å². The highest BCUT2D eigenvalue weighted by molar-refractivity contribution is 5.89. The first-order valence-electron chi connectivity index (χ1n) is 17.4. The molecule has 5 rings (SSSR count). The molecular weight excluding hydrogens is 752 g/mol. The summed E-state index contributed by atoms with van der Waals surface area (Å²) in [7, 11) is 0. The smallest absolute Gasteiger partial charge is 0.338 e. The van der Waals surface area contributed by atoms with Gasteiger partial charge in [-0.2, -0.15) is 0 Å². The Balaban J connectivity index is 1.48. The van der Waals surface area contributed by atoms with Gasteiger partial charge in [-0.25, -0.2) is 9.59 Å². The molecule has 2 aromatic carbocycles. The van der Waals surface area contributed by atoms with Crippen LogP contribution in [0.2, 0.25) is 0 Å². The van der Waals surface area contributed by atoms with Crippen LogP contribution in [0, 0.1) is 0 Å². The fourth-order valence-corrected chi connectivity index (χ4v) is 6.31. The maximum Gasteiger partial charge on any atom is 0.338 e. The van der Waals surface area contributed by atoms with Crippen LogP contribution in [0.3, 0.4) is 0 Å². The summed E-state index contributed by atoms with van der Waals surface area (Å²) in [6.45, 7) is -1.41. The highest BCUT2D eigenvalue weighted by Crippen LogP contribution is 2.40. The van der Waals surface area contributed by atoms with E-state index in [0.29, 0.717) is 0 Å². The van der Waals surface area contributed by atoms with Crippen molar-refractivity contribution in [2.24, 2.45) is 0 Å². The Morgan fingerprint density at radius 3 is 1.79 bits per heavy atom. The van der Waals surface area contributed by atoms with Gasteiger partial charge < -0.3 is 78.4 Å². The number of aliphatic hydroxyl groups excluding tert-OH is 7. The Morgan fingerprint density at radius 1 is 0.625 bits per heavy atom. The summed E-state index contributed by atoms with van der Waals surface area (Å²) in [5.74, 6) is -6.24. The third kappa shape index (κ3) is 9.68. The minimum Gasteiger partial charge on any atom is -0.460 e. The summed E-state index contributed by atoms with van der Waals surface area (Å²) in [5.41, 5.74) is 0.165. The summed E-state index contributed by atoms with van der Waals surface area (Å²) in [6, 6.07) is 15.2. The molecule has 20 heteroatoms. The Morgan fingerprint density at radius 2 is 1.21 bits per heavy atom. The van der Waals surface area contributed by atoms with Crippen molar-refractivity contribution in [2.75, 3.05) is 26.4 Å². The zero-order valence-corrected chi connectivity index (χ0v) is 30.0. The molecule has 0 aliphatic carbocycles. The highest BCUT2D eigenvalue weighted by atomic mass is 16.8. The number of hydrogen-bond donors (Lipinski definition) is 7. The molecule has 0 bridgehead atoms. The first-order chi connectivity index (χ1) is 26.7. The van der Waals surface area contributed by atoms with Gasteiger partial charge in [0, 0.05) is 13.8 Å². The molecule has 20 nitrogen and oxygen atoms in total. The predicted molar refractivity (Wildman–Crippen MR) is 180 cm³/mol. The Hall–Kier alpha value is -4.16. The van der Waals surface area contributed by atoms with Gasteiger partial charge in [0.2, 0.25) is 5.79 Å². The van der Waals surface area contributed by atoms with Crippen LogP contribution in [0.1, 0.15) is 34.6 Å². The molecule has 0 spiro atoms. The average molecular weight is 797 g/mol. The van der Waals surface area contributed by atoms with E-state index in [0.717, 1.165) is 13.8 Å². The summed E-state index contributed by atoms with van der Waals surface area (Å²) < 4.78 is 50.8. The van der Waals surface area contributed by atoms with Crippen LogP contribution in [0.5, 0.6) is 0 Å². The average Bonchev–Trinajstić information content (AvgIpc) is 3.45. The van der Waals surface area contributed by atoms with E-state index in [9.17, 15) is 54.9 Å². The van der Waals surface area contributed by atoms with Crippen molar-refractivity contribution < 1.29 is 97.6 Å². The van der Waals surface area contributed by atoms with Crippen molar-refractivity contribution in [1.82, 2.24) is 0 Å². The molecule has 3 fully saturated rings. The van der Waals surface area contributed by atoms with E-state index in [-0.39, 0.29) is 11.1 Å². The monoisotopic (exact) mass is 796 g/mol. The molecule has 3 saturated heterocycles. The maximum absolute atomic E-state index is 13.3. The summed E-state index contributed by atoms with van der Waals surface area (Å²) in [5, 5.41) is 75.6. The van der Waals surface area contributed by atoms with Crippen LogP contribution in [0.25, 0.3) is 0 Å². The second-order valence-corrected chi connectivity index (χ2v) is 13.1. The van der Waals surface area contributed by atoms with E-state index in [1.165, 1.54) is 36.4 Å². The molecule has 0 radical (unpaired) electrons. The number of carbonyl (C=O) groups is 4. The molecule has 3 heterocycles. The normalized spacial score (nSPS) is 35.6. The van der Waals surface area contributed by atoms with Crippen LogP contribution in [0.4, 0.5) is 0 Å². The van der Waals surface area contributed by atoms with Crippen LogP contribution >= 0.6 is 0 Å². The number of ether oxygens (including phenoxy) is 9. The maximum atomic E-state index is 13.3.